The molecule has 0 N–H and O–H groups in total. The van der Waals surface area contributed by atoms with Crippen LogP contribution in [0.25, 0.3) is 0 Å². The standard InChI is InChI=1S/C28H44O/c1-6-19(2)8-7-9-20(3)24-12-13-25-23-11-10-21-18-22(29)14-16-27(21,4)26(23)15-17-28(24,25)5/h6,11,19-21,24-26H,1,7-10,12-18H2,2-5H3/t19?,20?,21?,24-,25?,26?,27+,28-/m1/s1. The van der Waals surface area contributed by atoms with Crippen molar-refractivity contribution in [1.29, 1.82) is 0 Å². The van der Waals surface area contributed by atoms with E-state index in [0.717, 1.165) is 42.9 Å². The van der Waals surface area contributed by atoms with Gasteiger partial charge in [-0.25, -0.2) is 0 Å². The normalized spacial score (nSPS) is 43.6. The summed E-state index contributed by atoms with van der Waals surface area (Å²) in [4.78, 5) is 12.1. The van der Waals surface area contributed by atoms with Gasteiger partial charge in [0.2, 0.25) is 0 Å². The monoisotopic (exact) mass is 396 g/mol. The van der Waals surface area contributed by atoms with Crippen LogP contribution in [0.15, 0.2) is 24.3 Å². The van der Waals surface area contributed by atoms with E-state index < -0.39 is 0 Å². The fourth-order valence-corrected chi connectivity index (χ4v) is 8.36. The van der Waals surface area contributed by atoms with Crippen LogP contribution in [0.3, 0.4) is 0 Å². The van der Waals surface area contributed by atoms with E-state index in [1.54, 1.807) is 0 Å². The zero-order chi connectivity index (χ0) is 20.8. The Morgan fingerprint density at radius 2 is 1.86 bits per heavy atom. The van der Waals surface area contributed by atoms with Gasteiger partial charge in [-0.2, -0.15) is 0 Å². The topological polar surface area (TPSA) is 17.1 Å². The van der Waals surface area contributed by atoms with Crippen LogP contribution in [0.4, 0.5) is 0 Å². The van der Waals surface area contributed by atoms with Gasteiger partial charge >= 0.3 is 0 Å². The lowest BCUT2D eigenvalue weighted by Crippen LogP contribution is -2.49. The van der Waals surface area contributed by atoms with Crippen molar-refractivity contribution in [3.8, 4) is 0 Å². The molecular weight excluding hydrogens is 352 g/mol. The molecule has 4 aliphatic rings. The molecule has 162 valence electrons. The summed E-state index contributed by atoms with van der Waals surface area (Å²) >= 11 is 0. The van der Waals surface area contributed by atoms with Gasteiger partial charge in [0.05, 0.1) is 0 Å². The van der Waals surface area contributed by atoms with Gasteiger partial charge < -0.3 is 0 Å². The molecule has 0 amide bonds. The molecule has 0 aliphatic heterocycles. The number of rotatable bonds is 6. The van der Waals surface area contributed by atoms with E-state index in [9.17, 15) is 4.79 Å². The van der Waals surface area contributed by atoms with Crippen LogP contribution in [0.5, 0.6) is 0 Å². The van der Waals surface area contributed by atoms with Crippen LogP contribution in [-0.4, -0.2) is 5.78 Å². The molecule has 5 unspecified atom stereocenters. The molecule has 4 aliphatic carbocycles. The average Bonchev–Trinajstić information content (AvgIpc) is 3.05. The molecule has 3 saturated carbocycles. The minimum Gasteiger partial charge on any atom is -0.300 e. The summed E-state index contributed by atoms with van der Waals surface area (Å²) in [7, 11) is 0. The Kier molecular flexibility index (Phi) is 5.91. The minimum absolute atomic E-state index is 0.393. The third-order valence-corrected chi connectivity index (χ3v) is 10.4. The predicted molar refractivity (Wildman–Crippen MR) is 123 cm³/mol. The van der Waals surface area contributed by atoms with E-state index >= 15 is 0 Å². The highest BCUT2D eigenvalue weighted by Gasteiger charge is 2.58. The summed E-state index contributed by atoms with van der Waals surface area (Å²) < 4.78 is 0. The lowest BCUT2D eigenvalue weighted by Gasteiger charge is -2.57. The quantitative estimate of drug-likeness (QED) is 0.419. The number of carbonyl (C=O) groups excluding carboxylic acids is 1. The van der Waals surface area contributed by atoms with Crippen molar-refractivity contribution in [3.05, 3.63) is 24.3 Å². The summed E-state index contributed by atoms with van der Waals surface area (Å²) in [5, 5.41) is 0. The summed E-state index contributed by atoms with van der Waals surface area (Å²) in [6.07, 6.45) is 18.4. The lowest BCUT2D eigenvalue weighted by atomic mass is 9.47. The zero-order valence-electron chi connectivity index (χ0n) is 19.5. The summed E-state index contributed by atoms with van der Waals surface area (Å²) in [6, 6.07) is 0. The second-order valence-electron chi connectivity index (χ2n) is 11.8. The number of fused-ring (bicyclic) bond motifs is 5. The van der Waals surface area contributed by atoms with E-state index in [1.165, 1.54) is 51.4 Å². The van der Waals surface area contributed by atoms with E-state index in [1.807, 2.05) is 5.57 Å². The summed E-state index contributed by atoms with van der Waals surface area (Å²) in [6.45, 7) is 14.0. The zero-order valence-corrected chi connectivity index (χ0v) is 19.5. The fourth-order valence-electron chi connectivity index (χ4n) is 8.36. The Bertz CT molecular complexity index is 674. The molecule has 1 heteroatoms. The molecule has 29 heavy (non-hydrogen) atoms. The van der Waals surface area contributed by atoms with E-state index in [0.29, 0.717) is 28.4 Å². The van der Waals surface area contributed by atoms with Crippen molar-refractivity contribution in [1.82, 2.24) is 0 Å². The van der Waals surface area contributed by atoms with Gasteiger partial charge in [-0.05, 0) is 91.3 Å². The molecule has 0 heterocycles. The fraction of sp³-hybridized carbons (Fsp3) is 0.821. The van der Waals surface area contributed by atoms with Gasteiger partial charge in [-0.15, -0.1) is 6.58 Å². The molecule has 4 rings (SSSR count). The Morgan fingerprint density at radius 1 is 1.10 bits per heavy atom. The molecular formula is C28H44O. The van der Waals surface area contributed by atoms with Gasteiger partial charge in [0.1, 0.15) is 5.78 Å². The second-order valence-corrected chi connectivity index (χ2v) is 11.8. The van der Waals surface area contributed by atoms with E-state index in [-0.39, 0.29) is 0 Å². The molecule has 0 aromatic rings. The molecule has 0 saturated heterocycles. The van der Waals surface area contributed by atoms with Gasteiger partial charge in [-0.3, -0.25) is 4.79 Å². The Morgan fingerprint density at radius 3 is 2.62 bits per heavy atom. The molecule has 3 fully saturated rings. The van der Waals surface area contributed by atoms with Gasteiger partial charge in [0, 0.05) is 12.8 Å². The van der Waals surface area contributed by atoms with Gasteiger partial charge in [0.15, 0.2) is 0 Å². The number of ketones is 1. The highest BCUT2D eigenvalue weighted by atomic mass is 16.1. The first-order valence-corrected chi connectivity index (χ1v) is 12.6. The Labute approximate surface area is 179 Å². The SMILES string of the molecule is C=CC(C)CCCC(C)[C@H]1CCC2C3=CCC4CC(=O)CC[C@]4(C)C3CC[C@@]21C. The maximum absolute atomic E-state index is 12.1. The number of allylic oxidation sites excluding steroid dienone is 3. The van der Waals surface area contributed by atoms with Crippen molar-refractivity contribution < 1.29 is 4.79 Å². The lowest BCUT2D eigenvalue weighted by molar-refractivity contribution is -0.127. The van der Waals surface area contributed by atoms with Gasteiger partial charge in [0.25, 0.3) is 0 Å². The molecule has 8 atom stereocenters. The first kappa shape index (κ1) is 21.4. The van der Waals surface area contributed by atoms with E-state index in [4.69, 9.17) is 0 Å². The average molecular weight is 397 g/mol. The highest BCUT2D eigenvalue weighted by Crippen LogP contribution is 2.66. The molecule has 1 nitrogen and oxygen atoms in total. The third kappa shape index (κ3) is 3.59. The maximum Gasteiger partial charge on any atom is 0.133 e. The van der Waals surface area contributed by atoms with Crippen LogP contribution in [0.1, 0.15) is 98.3 Å². The van der Waals surface area contributed by atoms with Crippen molar-refractivity contribution in [2.45, 2.75) is 98.3 Å². The van der Waals surface area contributed by atoms with Crippen LogP contribution in [0, 0.1) is 46.3 Å². The minimum atomic E-state index is 0.393. The van der Waals surface area contributed by atoms with Crippen molar-refractivity contribution in [3.63, 3.8) is 0 Å². The van der Waals surface area contributed by atoms with Crippen molar-refractivity contribution >= 4 is 5.78 Å². The molecule has 0 aromatic heterocycles. The maximum atomic E-state index is 12.1. The van der Waals surface area contributed by atoms with Crippen LogP contribution in [0.2, 0.25) is 0 Å². The van der Waals surface area contributed by atoms with Crippen LogP contribution in [-0.2, 0) is 4.79 Å². The van der Waals surface area contributed by atoms with E-state index in [2.05, 4.69) is 46.4 Å². The van der Waals surface area contributed by atoms with Gasteiger partial charge in [-0.1, -0.05) is 58.3 Å². The number of hydrogen-bond acceptors (Lipinski definition) is 1. The molecule has 0 bridgehead atoms. The predicted octanol–water partition coefficient (Wildman–Crippen LogP) is 7.76. The first-order valence-electron chi connectivity index (χ1n) is 12.6. The van der Waals surface area contributed by atoms with Crippen LogP contribution < -0.4 is 0 Å². The molecule has 0 spiro atoms. The largest absolute Gasteiger partial charge is 0.300 e. The number of carbonyl (C=O) groups is 1. The third-order valence-electron chi connectivity index (χ3n) is 10.4. The Hall–Kier alpha value is -0.850. The highest BCUT2D eigenvalue weighted by molar-refractivity contribution is 5.79. The Balaban J connectivity index is 1.48. The smallest absolute Gasteiger partial charge is 0.133 e. The second kappa shape index (κ2) is 8.01. The molecule has 0 aromatic carbocycles. The number of hydrogen-bond donors (Lipinski definition) is 0. The molecule has 0 radical (unpaired) electrons. The van der Waals surface area contributed by atoms with Crippen molar-refractivity contribution in [2.75, 3.05) is 0 Å². The first-order chi connectivity index (χ1) is 13.8. The number of Topliss-reactive ketones (excluding diaryl/α,β-unsaturated/α-hetero) is 1. The van der Waals surface area contributed by atoms with Crippen molar-refractivity contribution in [2.24, 2.45) is 46.3 Å². The summed E-state index contributed by atoms with van der Waals surface area (Å²) in [5.74, 6) is 5.11. The van der Waals surface area contributed by atoms with Crippen LogP contribution >= 0.6 is 0 Å². The summed E-state index contributed by atoms with van der Waals surface area (Å²) in [5.41, 5.74) is 2.74.